The van der Waals surface area contributed by atoms with E-state index in [2.05, 4.69) is 25.6 Å². The predicted molar refractivity (Wildman–Crippen MR) is 77.2 cm³/mol. The molecule has 0 fully saturated rings. The van der Waals surface area contributed by atoms with Crippen molar-refractivity contribution in [2.75, 3.05) is 5.32 Å². The number of aryl methyl sites for hydroxylation is 1. The van der Waals surface area contributed by atoms with Crippen LogP contribution in [0.4, 0.5) is 14.6 Å². The topological polar surface area (TPSA) is 88.5 Å². The molecule has 3 rings (SSSR count). The van der Waals surface area contributed by atoms with Crippen molar-refractivity contribution in [3.63, 3.8) is 0 Å². The molecule has 1 aromatic carbocycles. The van der Waals surface area contributed by atoms with Gasteiger partial charge in [0.15, 0.2) is 17.5 Å². The molecule has 0 unspecified atom stereocenters. The Kier molecular flexibility index (Phi) is 4.09. The van der Waals surface area contributed by atoms with Crippen LogP contribution in [0, 0.1) is 11.6 Å². The van der Waals surface area contributed by atoms with Gasteiger partial charge >= 0.3 is 0 Å². The molecule has 23 heavy (non-hydrogen) atoms. The lowest BCUT2D eigenvalue weighted by Gasteiger charge is -2.01. The second-order valence-electron chi connectivity index (χ2n) is 4.72. The van der Waals surface area contributed by atoms with Crippen LogP contribution in [-0.4, -0.2) is 30.9 Å². The number of hydrogen-bond acceptors (Lipinski definition) is 4. The standard InChI is InChI=1S/C14H12F2N6O/c15-10-3-1-2-9(14(10)16)11-6-12(21-20-11)19-13(23)4-5-22-8-17-7-18-22/h1-3,6-8H,4-5H2,(H2,19,20,21,23). The van der Waals surface area contributed by atoms with E-state index in [1.54, 1.807) is 0 Å². The molecule has 0 saturated carbocycles. The van der Waals surface area contributed by atoms with Crippen molar-refractivity contribution in [1.82, 2.24) is 25.0 Å². The Bertz CT molecular complexity index is 815. The largest absolute Gasteiger partial charge is 0.309 e. The highest BCUT2D eigenvalue weighted by molar-refractivity contribution is 5.90. The first kappa shape index (κ1) is 14.8. The van der Waals surface area contributed by atoms with E-state index in [0.717, 1.165) is 6.07 Å². The number of anilines is 1. The van der Waals surface area contributed by atoms with Gasteiger partial charge in [-0.05, 0) is 12.1 Å². The Hall–Kier alpha value is -3.10. The van der Waals surface area contributed by atoms with E-state index >= 15 is 0 Å². The summed E-state index contributed by atoms with van der Waals surface area (Å²) < 4.78 is 28.5. The highest BCUT2D eigenvalue weighted by atomic mass is 19.2. The van der Waals surface area contributed by atoms with Crippen molar-refractivity contribution in [1.29, 1.82) is 0 Å². The van der Waals surface area contributed by atoms with Gasteiger partial charge in [0.05, 0.1) is 12.2 Å². The van der Waals surface area contributed by atoms with Gasteiger partial charge in [0.25, 0.3) is 0 Å². The van der Waals surface area contributed by atoms with Gasteiger partial charge in [0.1, 0.15) is 12.7 Å². The normalized spacial score (nSPS) is 10.7. The Labute approximate surface area is 129 Å². The molecule has 1 amide bonds. The number of carbonyl (C=O) groups is 1. The lowest BCUT2D eigenvalue weighted by atomic mass is 10.1. The molecular formula is C14H12F2N6O. The maximum Gasteiger partial charge on any atom is 0.227 e. The molecule has 3 aromatic rings. The summed E-state index contributed by atoms with van der Waals surface area (Å²) in [7, 11) is 0. The SMILES string of the molecule is O=C(CCn1cncn1)Nc1cc(-c2cccc(F)c2F)[nH]n1. The molecule has 2 heterocycles. The van der Waals surface area contributed by atoms with Crippen LogP contribution in [0.1, 0.15) is 6.42 Å². The first-order valence-electron chi connectivity index (χ1n) is 6.75. The zero-order chi connectivity index (χ0) is 16.2. The van der Waals surface area contributed by atoms with Crippen molar-refractivity contribution in [2.24, 2.45) is 0 Å². The van der Waals surface area contributed by atoms with Crippen LogP contribution in [0.25, 0.3) is 11.3 Å². The average molecular weight is 318 g/mol. The Morgan fingerprint density at radius 2 is 2.22 bits per heavy atom. The number of aromatic amines is 1. The molecule has 7 nitrogen and oxygen atoms in total. The fourth-order valence-corrected chi connectivity index (χ4v) is 2.01. The molecule has 0 radical (unpaired) electrons. The second kappa shape index (κ2) is 6.34. The summed E-state index contributed by atoms with van der Waals surface area (Å²) in [6, 6.07) is 5.28. The fraction of sp³-hybridized carbons (Fsp3) is 0.143. The molecular weight excluding hydrogens is 306 g/mol. The monoisotopic (exact) mass is 318 g/mol. The van der Waals surface area contributed by atoms with Gasteiger partial charge in [-0.2, -0.15) is 10.2 Å². The van der Waals surface area contributed by atoms with Gasteiger partial charge in [-0.1, -0.05) is 6.07 Å². The number of nitrogens with one attached hydrogen (secondary N) is 2. The lowest BCUT2D eigenvalue weighted by molar-refractivity contribution is -0.116. The summed E-state index contributed by atoms with van der Waals surface area (Å²) >= 11 is 0. The van der Waals surface area contributed by atoms with E-state index in [1.807, 2.05) is 0 Å². The quantitative estimate of drug-likeness (QED) is 0.753. The number of amides is 1. The van der Waals surface area contributed by atoms with Crippen LogP contribution in [0.2, 0.25) is 0 Å². The van der Waals surface area contributed by atoms with Gasteiger partial charge in [-0.15, -0.1) is 0 Å². The first-order chi connectivity index (χ1) is 11.1. The van der Waals surface area contributed by atoms with E-state index < -0.39 is 11.6 Å². The highest BCUT2D eigenvalue weighted by Crippen LogP contribution is 2.24. The van der Waals surface area contributed by atoms with Gasteiger partial charge in [-0.3, -0.25) is 14.6 Å². The van der Waals surface area contributed by atoms with E-state index in [-0.39, 0.29) is 29.4 Å². The van der Waals surface area contributed by atoms with Crippen LogP contribution >= 0.6 is 0 Å². The summed E-state index contributed by atoms with van der Waals surface area (Å²) in [5.74, 6) is -1.97. The molecule has 2 aromatic heterocycles. The van der Waals surface area contributed by atoms with Crippen molar-refractivity contribution in [3.05, 3.63) is 48.6 Å². The number of aromatic nitrogens is 5. The van der Waals surface area contributed by atoms with Crippen LogP contribution < -0.4 is 5.32 Å². The van der Waals surface area contributed by atoms with Gasteiger partial charge < -0.3 is 5.32 Å². The summed E-state index contributed by atoms with van der Waals surface area (Å²) in [5, 5.41) is 12.9. The zero-order valence-electron chi connectivity index (χ0n) is 11.8. The number of carbonyl (C=O) groups excluding carboxylic acids is 1. The smallest absolute Gasteiger partial charge is 0.227 e. The number of H-pyrrole nitrogens is 1. The van der Waals surface area contributed by atoms with Crippen LogP contribution in [0.15, 0.2) is 36.9 Å². The summed E-state index contributed by atoms with van der Waals surface area (Å²) in [5.41, 5.74) is 0.314. The van der Waals surface area contributed by atoms with Gasteiger partial charge in [0, 0.05) is 18.1 Å². The third-order valence-corrected chi connectivity index (χ3v) is 3.12. The maximum absolute atomic E-state index is 13.7. The molecule has 118 valence electrons. The number of hydrogen-bond donors (Lipinski definition) is 2. The predicted octanol–water partition coefficient (Wildman–Crippen LogP) is 1.98. The third kappa shape index (κ3) is 3.39. The fourth-order valence-electron chi connectivity index (χ4n) is 2.01. The lowest BCUT2D eigenvalue weighted by Crippen LogP contribution is -2.14. The minimum absolute atomic E-state index is 0.0422. The van der Waals surface area contributed by atoms with Gasteiger partial charge in [0.2, 0.25) is 5.91 Å². The van der Waals surface area contributed by atoms with E-state index in [0.29, 0.717) is 6.54 Å². The number of rotatable bonds is 5. The molecule has 0 aliphatic rings. The second-order valence-corrected chi connectivity index (χ2v) is 4.72. The Morgan fingerprint density at radius 3 is 3.00 bits per heavy atom. The zero-order valence-corrected chi connectivity index (χ0v) is 11.8. The molecule has 0 aliphatic heterocycles. The van der Waals surface area contributed by atoms with Crippen LogP contribution in [-0.2, 0) is 11.3 Å². The van der Waals surface area contributed by atoms with Crippen LogP contribution in [0.5, 0.6) is 0 Å². The molecule has 0 bridgehead atoms. The molecule has 9 heteroatoms. The number of benzene rings is 1. The summed E-state index contributed by atoms with van der Waals surface area (Å²) in [4.78, 5) is 15.6. The maximum atomic E-state index is 13.7. The van der Waals surface area contributed by atoms with Crippen molar-refractivity contribution in [3.8, 4) is 11.3 Å². The van der Waals surface area contributed by atoms with E-state index in [4.69, 9.17) is 0 Å². The van der Waals surface area contributed by atoms with Crippen LogP contribution in [0.3, 0.4) is 0 Å². The van der Waals surface area contributed by atoms with E-state index in [9.17, 15) is 13.6 Å². The van der Waals surface area contributed by atoms with Crippen molar-refractivity contribution in [2.45, 2.75) is 13.0 Å². The summed E-state index contributed by atoms with van der Waals surface area (Å²) in [6.07, 6.45) is 3.07. The number of nitrogens with zero attached hydrogens (tertiary/aromatic N) is 4. The molecule has 0 saturated heterocycles. The third-order valence-electron chi connectivity index (χ3n) is 3.12. The minimum atomic E-state index is -0.972. The first-order valence-corrected chi connectivity index (χ1v) is 6.75. The van der Waals surface area contributed by atoms with E-state index in [1.165, 1.54) is 35.5 Å². The average Bonchev–Trinajstić information content (AvgIpc) is 3.19. The van der Waals surface area contributed by atoms with Gasteiger partial charge in [-0.25, -0.2) is 13.8 Å². The number of halogens is 2. The van der Waals surface area contributed by atoms with Crippen molar-refractivity contribution < 1.29 is 13.6 Å². The molecule has 0 spiro atoms. The highest BCUT2D eigenvalue weighted by Gasteiger charge is 2.13. The molecule has 0 atom stereocenters. The minimum Gasteiger partial charge on any atom is -0.309 e. The summed E-state index contributed by atoms with van der Waals surface area (Å²) in [6.45, 7) is 0.377. The Balaban J connectivity index is 1.65. The molecule has 0 aliphatic carbocycles. The van der Waals surface area contributed by atoms with Crippen molar-refractivity contribution >= 4 is 11.7 Å². The Morgan fingerprint density at radius 1 is 1.35 bits per heavy atom. The molecule has 2 N–H and O–H groups in total.